The molecular weight excluding hydrogens is 425 g/mol. The zero-order valence-electron chi connectivity index (χ0n) is 17.3. The largest absolute Gasteiger partial charge is 0.497 e. The number of methoxy groups -OCH3 is 1. The van der Waals surface area contributed by atoms with Crippen molar-refractivity contribution in [3.05, 3.63) is 54.1 Å². The molecule has 8 nitrogen and oxygen atoms in total. The number of hydrogen-bond acceptors (Lipinski definition) is 8. The van der Waals surface area contributed by atoms with Gasteiger partial charge in [0.25, 0.3) is 0 Å². The van der Waals surface area contributed by atoms with Crippen LogP contribution in [0.15, 0.2) is 58.5 Å². The molecule has 0 bridgehead atoms. The molecule has 0 radical (unpaired) electrons. The number of rotatable bonds is 4. The Morgan fingerprint density at radius 1 is 1.12 bits per heavy atom. The first-order valence-corrected chi connectivity index (χ1v) is 9.97. The molecular formula is C21H23F3N6O2. The van der Waals surface area contributed by atoms with Gasteiger partial charge in [0.05, 0.1) is 25.9 Å². The van der Waals surface area contributed by atoms with Crippen molar-refractivity contribution in [2.24, 2.45) is 15.7 Å². The van der Waals surface area contributed by atoms with Crippen LogP contribution in [-0.2, 0) is 10.9 Å². The van der Waals surface area contributed by atoms with Gasteiger partial charge >= 0.3 is 6.18 Å². The Morgan fingerprint density at radius 2 is 1.84 bits per heavy atom. The van der Waals surface area contributed by atoms with E-state index in [2.05, 4.69) is 15.3 Å². The molecule has 4 rings (SSSR count). The molecule has 3 N–H and O–H groups in total. The lowest BCUT2D eigenvalue weighted by Crippen LogP contribution is -2.57. The molecule has 1 unspecified atom stereocenters. The Labute approximate surface area is 183 Å². The molecule has 170 valence electrons. The van der Waals surface area contributed by atoms with E-state index in [1.807, 2.05) is 4.90 Å². The Bertz CT molecular complexity index is 1000. The molecule has 1 saturated heterocycles. The molecule has 0 saturated carbocycles. The van der Waals surface area contributed by atoms with Crippen LogP contribution in [0.3, 0.4) is 0 Å². The van der Waals surface area contributed by atoms with Crippen LogP contribution < -0.4 is 20.7 Å². The van der Waals surface area contributed by atoms with Crippen molar-refractivity contribution in [2.75, 3.05) is 43.6 Å². The monoisotopic (exact) mass is 448 g/mol. The smallest absolute Gasteiger partial charge is 0.416 e. The zero-order valence-corrected chi connectivity index (χ0v) is 17.3. The SMILES string of the molecule is COc1ccc(NC2N=C(N)N=C(N3CCOCC3)N2c2cccc(C(F)(F)F)c2)cc1. The van der Waals surface area contributed by atoms with Crippen LogP contribution in [0.4, 0.5) is 24.5 Å². The molecule has 0 aliphatic carbocycles. The van der Waals surface area contributed by atoms with Gasteiger partial charge in [-0.15, -0.1) is 0 Å². The number of anilines is 2. The molecule has 2 heterocycles. The van der Waals surface area contributed by atoms with Gasteiger partial charge in [0, 0.05) is 24.5 Å². The Hall–Kier alpha value is -3.47. The van der Waals surface area contributed by atoms with Gasteiger partial charge in [-0.05, 0) is 42.5 Å². The first-order valence-electron chi connectivity index (χ1n) is 9.97. The number of morpholine rings is 1. The van der Waals surface area contributed by atoms with Gasteiger partial charge in [-0.3, -0.25) is 4.90 Å². The minimum Gasteiger partial charge on any atom is -0.497 e. The number of benzene rings is 2. The third-order valence-corrected chi connectivity index (χ3v) is 5.06. The van der Waals surface area contributed by atoms with Crippen LogP contribution in [0.2, 0.25) is 0 Å². The Morgan fingerprint density at radius 3 is 2.50 bits per heavy atom. The first-order chi connectivity index (χ1) is 15.3. The predicted octanol–water partition coefficient (Wildman–Crippen LogP) is 2.93. The Kier molecular flexibility index (Phi) is 6.08. The summed E-state index contributed by atoms with van der Waals surface area (Å²) < 4.78 is 50.8. The lowest BCUT2D eigenvalue weighted by Gasteiger charge is -2.41. The number of hydrogen-bond donors (Lipinski definition) is 2. The van der Waals surface area contributed by atoms with Gasteiger partial charge in [0.1, 0.15) is 5.75 Å². The lowest BCUT2D eigenvalue weighted by atomic mass is 10.1. The number of ether oxygens (including phenoxy) is 2. The fourth-order valence-electron chi connectivity index (χ4n) is 3.49. The van der Waals surface area contributed by atoms with Crippen molar-refractivity contribution in [3.8, 4) is 5.75 Å². The minimum absolute atomic E-state index is 0.0285. The topological polar surface area (TPSA) is 87.7 Å². The summed E-state index contributed by atoms with van der Waals surface area (Å²) in [5, 5.41) is 3.22. The van der Waals surface area contributed by atoms with Crippen molar-refractivity contribution < 1.29 is 22.6 Å². The summed E-state index contributed by atoms with van der Waals surface area (Å²) in [6.45, 7) is 2.00. The van der Waals surface area contributed by atoms with E-state index in [9.17, 15) is 13.2 Å². The highest BCUT2D eigenvalue weighted by atomic mass is 19.4. The molecule has 0 spiro atoms. The van der Waals surface area contributed by atoms with E-state index in [1.54, 1.807) is 42.3 Å². The van der Waals surface area contributed by atoms with Crippen LogP contribution in [0.25, 0.3) is 0 Å². The second kappa shape index (κ2) is 8.95. The van der Waals surface area contributed by atoms with Crippen molar-refractivity contribution >= 4 is 23.3 Å². The van der Waals surface area contributed by atoms with E-state index >= 15 is 0 Å². The number of halogens is 3. The molecule has 32 heavy (non-hydrogen) atoms. The minimum atomic E-state index is -4.48. The maximum Gasteiger partial charge on any atom is 0.416 e. The normalized spacial score (nSPS) is 19.3. The summed E-state index contributed by atoms with van der Waals surface area (Å²) in [6, 6.07) is 12.2. The van der Waals surface area contributed by atoms with Gasteiger partial charge in [-0.2, -0.15) is 18.2 Å². The van der Waals surface area contributed by atoms with Crippen LogP contribution in [-0.4, -0.2) is 56.5 Å². The molecule has 2 aliphatic rings. The quantitative estimate of drug-likeness (QED) is 0.748. The third-order valence-electron chi connectivity index (χ3n) is 5.06. The average Bonchev–Trinajstić information content (AvgIpc) is 2.79. The second-order valence-corrected chi connectivity index (χ2v) is 7.16. The molecule has 0 amide bonds. The van der Waals surface area contributed by atoms with Gasteiger partial charge < -0.3 is 25.4 Å². The number of alkyl halides is 3. The van der Waals surface area contributed by atoms with E-state index in [0.717, 1.165) is 12.1 Å². The zero-order chi connectivity index (χ0) is 22.7. The van der Waals surface area contributed by atoms with Gasteiger partial charge in [0.15, 0.2) is 0 Å². The maximum atomic E-state index is 13.4. The van der Waals surface area contributed by atoms with Crippen LogP contribution in [0.5, 0.6) is 5.75 Å². The summed E-state index contributed by atoms with van der Waals surface area (Å²) in [4.78, 5) is 12.3. The molecule has 2 aromatic rings. The van der Waals surface area contributed by atoms with Crippen molar-refractivity contribution in [2.45, 2.75) is 12.5 Å². The number of nitrogens with one attached hydrogen (secondary N) is 1. The second-order valence-electron chi connectivity index (χ2n) is 7.16. The fourth-order valence-corrected chi connectivity index (χ4v) is 3.49. The van der Waals surface area contributed by atoms with Crippen LogP contribution in [0.1, 0.15) is 5.56 Å². The summed E-state index contributed by atoms with van der Waals surface area (Å²) >= 11 is 0. The average molecular weight is 448 g/mol. The Balaban J connectivity index is 1.73. The standard InChI is InChI=1S/C21H23F3N6O2/c1-31-17-7-5-15(6-8-17)26-19-27-18(25)28-20(29-9-11-32-12-10-29)30(19)16-4-2-3-14(13-16)21(22,23)24/h2-8,13,19,26H,9-12H2,1H3,(H2,25,27). The van der Waals surface area contributed by atoms with Gasteiger partial charge in [-0.1, -0.05) is 6.07 Å². The van der Waals surface area contributed by atoms with E-state index in [1.165, 1.54) is 6.07 Å². The van der Waals surface area contributed by atoms with Crippen molar-refractivity contribution in [1.82, 2.24) is 4.90 Å². The molecule has 11 heteroatoms. The number of nitrogens with two attached hydrogens (primary N) is 1. The van der Waals surface area contributed by atoms with E-state index in [0.29, 0.717) is 43.7 Å². The summed E-state index contributed by atoms with van der Waals surface area (Å²) in [7, 11) is 1.56. The maximum absolute atomic E-state index is 13.4. The van der Waals surface area contributed by atoms with Crippen LogP contribution >= 0.6 is 0 Å². The number of aliphatic imine (C=N–C) groups is 2. The molecule has 0 aromatic heterocycles. The van der Waals surface area contributed by atoms with Crippen molar-refractivity contribution in [3.63, 3.8) is 0 Å². The lowest BCUT2D eigenvalue weighted by molar-refractivity contribution is -0.137. The van der Waals surface area contributed by atoms with Crippen LogP contribution in [0, 0.1) is 0 Å². The van der Waals surface area contributed by atoms with E-state index in [-0.39, 0.29) is 11.6 Å². The summed E-state index contributed by atoms with van der Waals surface area (Å²) in [6.07, 6.45) is -5.30. The molecule has 1 fully saturated rings. The van der Waals surface area contributed by atoms with E-state index in [4.69, 9.17) is 15.2 Å². The highest BCUT2D eigenvalue weighted by Crippen LogP contribution is 2.33. The summed E-state index contributed by atoms with van der Waals surface area (Å²) in [5.41, 5.74) is 6.21. The van der Waals surface area contributed by atoms with Crippen molar-refractivity contribution in [1.29, 1.82) is 0 Å². The highest BCUT2D eigenvalue weighted by molar-refractivity contribution is 6.06. The fraction of sp³-hybridized carbons (Fsp3) is 0.333. The van der Waals surface area contributed by atoms with Gasteiger partial charge in [0.2, 0.25) is 18.2 Å². The van der Waals surface area contributed by atoms with E-state index < -0.39 is 18.0 Å². The number of nitrogens with zero attached hydrogens (tertiary/aromatic N) is 4. The van der Waals surface area contributed by atoms with Gasteiger partial charge in [-0.25, -0.2) is 4.99 Å². The summed E-state index contributed by atoms with van der Waals surface area (Å²) in [5.74, 6) is 1.11. The number of guanidine groups is 2. The predicted molar refractivity (Wildman–Crippen MR) is 116 cm³/mol. The highest BCUT2D eigenvalue weighted by Gasteiger charge is 2.35. The first kappa shape index (κ1) is 21.8. The molecule has 2 aromatic carbocycles. The third kappa shape index (κ3) is 4.72. The molecule has 1 atom stereocenters. The molecule has 2 aliphatic heterocycles.